The minimum Gasteiger partial charge on any atom is -0.497 e. The van der Waals surface area contributed by atoms with Crippen molar-refractivity contribution in [2.24, 2.45) is 5.92 Å². The molecule has 0 bridgehead atoms. The Morgan fingerprint density at radius 3 is 2.71 bits per heavy atom. The Balaban J connectivity index is 3.00. The van der Waals surface area contributed by atoms with Crippen molar-refractivity contribution in [2.45, 2.75) is 32.6 Å². The molecule has 3 heteroatoms. The van der Waals surface area contributed by atoms with Gasteiger partial charge in [-0.25, -0.2) is 0 Å². The molecule has 0 aliphatic carbocycles. The van der Waals surface area contributed by atoms with Gasteiger partial charge < -0.3 is 9.84 Å². The molecule has 94 valence electrons. The van der Waals surface area contributed by atoms with E-state index in [9.17, 15) is 9.90 Å². The molecule has 3 nitrogen and oxygen atoms in total. The zero-order chi connectivity index (χ0) is 12.8. The number of hydrogen-bond acceptors (Lipinski definition) is 2. The van der Waals surface area contributed by atoms with Crippen LogP contribution in [0.3, 0.4) is 0 Å². The lowest BCUT2D eigenvalue weighted by atomic mass is 9.84. The first-order chi connectivity index (χ1) is 8.10. The van der Waals surface area contributed by atoms with E-state index in [4.69, 9.17) is 4.74 Å². The average molecular weight is 236 g/mol. The summed E-state index contributed by atoms with van der Waals surface area (Å²) in [5, 5.41) is 9.35. The minimum absolute atomic E-state index is 0.129. The molecule has 1 N–H and O–H groups in total. The molecule has 0 spiro atoms. The topological polar surface area (TPSA) is 46.5 Å². The lowest BCUT2D eigenvalue weighted by molar-refractivity contribution is -0.140. The van der Waals surface area contributed by atoms with Crippen LogP contribution in [-0.4, -0.2) is 18.2 Å². The quantitative estimate of drug-likeness (QED) is 0.824. The highest BCUT2D eigenvalue weighted by molar-refractivity contribution is 5.76. The van der Waals surface area contributed by atoms with Crippen LogP contribution in [0.2, 0.25) is 0 Å². The van der Waals surface area contributed by atoms with E-state index < -0.39 is 11.9 Å². The van der Waals surface area contributed by atoms with Crippen LogP contribution in [0.1, 0.15) is 38.2 Å². The third-order valence-corrected chi connectivity index (χ3v) is 3.03. The number of carbonyl (C=O) groups is 1. The summed E-state index contributed by atoms with van der Waals surface area (Å²) in [7, 11) is 1.59. The van der Waals surface area contributed by atoms with Crippen LogP contribution in [0.25, 0.3) is 0 Å². The zero-order valence-electron chi connectivity index (χ0n) is 10.6. The number of aliphatic carboxylic acids is 1. The molecule has 17 heavy (non-hydrogen) atoms. The van der Waals surface area contributed by atoms with Crippen LogP contribution in [0.5, 0.6) is 5.75 Å². The number of carboxylic acid groups (broad SMARTS) is 1. The first kappa shape index (κ1) is 13.6. The van der Waals surface area contributed by atoms with Gasteiger partial charge in [0.2, 0.25) is 0 Å². The summed E-state index contributed by atoms with van der Waals surface area (Å²) in [6.45, 7) is 4.06. The summed E-state index contributed by atoms with van der Waals surface area (Å²) in [4.78, 5) is 11.4. The Hall–Kier alpha value is -1.51. The number of hydrogen-bond donors (Lipinski definition) is 1. The fourth-order valence-corrected chi connectivity index (χ4v) is 2.17. The Kier molecular flexibility index (Phi) is 5.01. The van der Waals surface area contributed by atoms with E-state index in [1.807, 2.05) is 31.2 Å². The highest BCUT2D eigenvalue weighted by Crippen LogP contribution is 2.30. The normalized spacial score (nSPS) is 14.1. The van der Waals surface area contributed by atoms with Crippen LogP contribution in [0.4, 0.5) is 0 Å². The Morgan fingerprint density at radius 2 is 2.18 bits per heavy atom. The van der Waals surface area contributed by atoms with Gasteiger partial charge in [0.1, 0.15) is 5.75 Å². The molecule has 0 aliphatic heterocycles. The Morgan fingerprint density at radius 1 is 1.47 bits per heavy atom. The van der Waals surface area contributed by atoms with E-state index in [-0.39, 0.29) is 5.92 Å². The summed E-state index contributed by atoms with van der Waals surface area (Å²) in [6, 6.07) is 7.33. The van der Waals surface area contributed by atoms with Crippen molar-refractivity contribution in [3.8, 4) is 5.75 Å². The van der Waals surface area contributed by atoms with E-state index in [2.05, 4.69) is 6.92 Å². The Bertz CT molecular complexity index is 373. The molecule has 0 radical (unpaired) electrons. The van der Waals surface area contributed by atoms with Gasteiger partial charge in [0.05, 0.1) is 13.0 Å². The van der Waals surface area contributed by atoms with Crippen LogP contribution in [0, 0.1) is 5.92 Å². The number of ether oxygens (including phenoxy) is 1. The zero-order valence-corrected chi connectivity index (χ0v) is 10.6. The average Bonchev–Trinajstić information content (AvgIpc) is 2.29. The molecule has 1 aromatic carbocycles. The molecule has 0 heterocycles. The van der Waals surface area contributed by atoms with Crippen LogP contribution in [-0.2, 0) is 4.79 Å². The molecule has 0 amide bonds. The number of rotatable bonds is 6. The van der Waals surface area contributed by atoms with Gasteiger partial charge in [0.15, 0.2) is 0 Å². The van der Waals surface area contributed by atoms with Crippen LogP contribution in [0.15, 0.2) is 24.3 Å². The fraction of sp³-hybridized carbons (Fsp3) is 0.500. The third kappa shape index (κ3) is 3.48. The lowest BCUT2D eigenvalue weighted by Gasteiger charge is -2.20. The predicted octanol–water partition coefficient (Wildman–Crippen LogP) is 3.30. The molecule has 1 aromatic rings. The maximum atomic E-state index is 11.4. The highest BCUT2D eigenvalue weighted by atomic mass is 16.5. The molecule has 0 aromatic heterocycles. The fourth-order valence-electron chi connectivity index (χ4n) is 2.17. The second kappa shape index (κ2) is 6.28. The summed E-state index contributed by atoms with van der Waals surface area (Å²) in [5.74, 6) is -0.383. The predicted molar refractivity (Wildman–Crippen MR) is 67.4 cm³/mol. The standard InChI is InChI=1S/C14H20O3/c1-4-6-10(2)13(14(15)16)11-7-5-8-12(9-11)17-3/h5,7-10,13H,4,6H2,1-3H3,(H,15,16). The summed E-state index contributed by atoms with van der Waals surface area (Å²) >= 11 is 0. The first-order valence-corrected chi connectivity index (χ1v) is 5.96. The van der Waals surface area contributed by atoms with Crippen molar-refractivity contribution < 1.29 is 14.6 Å². The smallest absolute Gasteiger partial charge is 0.311 e. The first-order valence-electron chi connectivity index (χ1n) is 5.96. The van der Waals surface area contributed by atoms with Gasteiger partial charge in [-0.3, -0.25) is 4.79 Å². The molecule has 0 saturated carbocycles. The van der Waals surface area contributed by atoms with Gasteiger partial charge in [-0.05, 0) is 30.0 Å². The van der Waals surface area contributed by atoms with Crippen molar-refractivity contribution in [3.63, 3.8) is 0 Å². The number of benzene rings is 1. The van der Waals surface area contributed by atoms with Gasteiger partial charge in [0.25, 0.3) is 0 Å². The second-order valence-corrected chi connectivity index (χ2v) is 4.36. The van der Waals surface area contributed by atoms with Crippen molar-refractivity contribution >= 4 is 5.97 Å². The molecular weight excluding hydrogens is 216 g/mol. The number of methoxy groups -OCH3 is 1. The van der Waals surface area contributed by atoms with Gasteiger partial charge >= 0.3 is 5.97 Å². The van der Waals surface area contributed by atoms with E-state index >= 15 is 0 Å². The SMILES string of the molecule is CCCC(C)C(C(=O)O)c1cccc(OC)c1. The molecule has 0 fully saturated rings. The molecule has 2 unspecified atom stereocenters. The van der Waals surface area contributed by atoms with Crippen molar-refractivity contribution in [1.82, 2.24) is 0 Å². The monoisotopic (exact) mass is 236 g/mol. The molecule has 0 saturated heterocycles. The third-order valence-electron chi connectivity index (χ3n) is 3.03. The van der Waals surface area contributed by atoms with Gasteiger partial charge in [-0.2, -0.15) is 0 Å². The van der Waals surface area contributed by atoms with Crippen LogP contribution >= 0.6 is 0 Å². The molecule has 1 rings (SSSR count). The maximum Gasteiger partial charge on any atom is 0.311 e. The second-order valence-electron chi connectivity index (χ2n) is 4.36. The van der Waals surface area contributed by atoms with Gasteiger partial charge in [-0.15, -0.1) is 0 Å². The highest BCUT2D eigenvalue weighted by Gasteiger charge is 2.26. The van der Waals surface area contributed by atoms with E-state index in [0.717, 1.165) is 18.4 Å². The van der Waals surface area contributed by atoms with Crippen molar-refractivity contribution in [3.05, 3.63) is 29.8 Å². The Labute approximate surface area is 102 Å². The lowest BCUT2D eigenvalue weighted by Crippen LogP contribution is -2.19. The van der Waals surface area contributed by atoms with Crippen molar-refractivity contribution in [1.29, 1.82) is 0 Å². The van der Waals surface area contributed by atoms with E-state index in [1.165, 1.54) is 0 Å². The summed E-state index contributed by atoms with van der Waals surface area (Å²) in [6.07, 6.45) is 1.91. The van der Waals surface area contributed by atoms with Gasteiger partial charge in [0, 0.05) is 0 Å². The van der Waals surface area contributed by atoms with Gasteiger partial charge in [-0.1, -0.05) is 32.4 Å². The van der Waals surface area contributed by atoms with Crippen molar-refractivity contribution in [2.75, 3.05) is 7.11 Å². The summed E-state index contributed by atoms with van der Waals surface area (Å²) < 4.78 is 5.13. The minimum atomic E-state index is -0.765. The molecular formula is C14H20O3. The van der Waals surface area contributed by atoms with Crippen LogP contribution < -0.4 is 4.74 Å². The van der Waals surface area contributed by atoms with E-state index in [0.29, 0.717) is 5.75 Å². The number of carboxylic acids is 1. The summed E-state index contributed by atoms with van der Waals surface area (Å²) in [5.41, 5.74) is 0.817. The maximum absolute atomic E-state index is 11.4. The molecule has 2 atom stereocenters. The van der Waals surface area contributed by atoms with E-state index in [1.54, 1.807) is 7.11 Å². The largest absolute Gasteiger partial charge is 0.497 e. The molecule has 0 aliphatic rings.